The van der Waals surface area contributed by atoms with E-state index in [9.17, 15) is 28.8 Å². The largest absolute Gasteiger partial charge is 0.444 e. The van der Waals surface area contributed by atoms with Gasteiger partial charge in [-0.2, -0.15) is 0 Å². The Hall–Kier alpha value is -5.00. The molecule has 0 bridgehead atoms. The quantitative estimate of drug-likeness (QED) is 0.114. The maximum absolute atomic E-state index is 12.8. The van der Waals surface area contributed by atoms with E-state index in [0.717, 1.165) is 11.1 Å². The molecule has 0 saturated heterocycles. The van der Waals surface area contributed by atoms with Crippen molar-refractivity contribution in [2.24, 2.45) is 0 Å². The van der Waals surface area contributed by atoms with E-state index >= 15 is 0 Å². The van der Waals surface area contributed by atoms with Gasteiger partial charge in [-0.15, -0.1) is 0 Å². The van der Waals surface area contributed by atoms with E-state index in [2.05, 4.69) is 10.6 Å². The number of nitrogens with one attached hydrogen (secondary N) is 2. The second-order valence-corrected chi connectivity index (χ2v) is 12.9. The zero-order chi connectivity index (χ0) is 35.7. The number of carbonyl (C=O) groups is 6. The van der Waals surface area contributed by atoms with Crippen LogP contribution >= 0.6 is 0 Å². The minimum Gasteiger partial charge on any atom is -0.444 e. The molecule has 2 rings (SSSR count). The van der Waals surface area contributed by atoms with Crippen LogP contribution in [-0.2, 0) is 51.0 Å². The standard InChI is InChI=1S/C36H46N2O10/c1-35(2,3)47-33(43)37-27(23-25-17-11-9-12-18-25)31(41)45-29(39)21-15-7-8-16-22-30(40)46-32(42)28(24-26-19-13-10-14-20-26)38-34(44)48-36(4,5)6/h7-14,17-20,27-28H,15-16,21-24H2,1-6H3,(H,37,43)(H,38,44)/b8-7+/t27-,28-/m0/s1. The summed E-state index contributed by atoms with van der Waals surface area (Å²) in [7, 11) is 0. The van der Waals surface area contributed by atoms with Crippen LogP contribution in [0.4, 0.5) is 9.59 Å². The van der Waals surface area contributed by atoms with Gasteiger partial charge in [-0.25, -0.2) is 19.2 Å². The monoisotopic (exact) mass is 666 g/mol. The third-order valence-electron chi connectivity index (χ3n) is 6.14. The normalized spacial score (nSPS) is 12.7. The van der Waals surface area contributed by atoms with E-state index in [1.165, 1.54) is 0 Å². The first-order chi connectivity index (χ1) is 22.5. The molecule has 2 atom stereocenters. The smallest absolute Gasteiger partial charge is 0.408 e. The van der Waals surface area contributed by atoms with E-state index in [1.807, 2.05) is 12.1 Å². The molecule has 0 unspecified atom stereocenters. The molecule has 0 radical (unpaired) electrons. The number of hydrogen-bond donors (Lipinski definition) is 2. The first-order valence-corrected chi connectivity index (χ1v) is 15.7. The van der Waals surface area contributed by atoms with Gasteiger partial charge in [0.05, 0.1) is 0 Å². The van der Waals surface area contributed by atoms with Crippen LogP contribution in [-0.4, -0.2) is 59.3 Å². The van der Waals surface area contributed by atoms with Gasteiger partial charge in [-0.3, -0.25) is 9.59 Å². The van der Waals surface area contributed by atoms with Crippen LogP contribution in [0.3, 0.4) is 0 Å². The lowest BCUT2D eigenvalue weighted by Crippen LogP contribution is -2.46. The summed E-state index contributed by atoms with van der Waals surface area (Å²) in [5.41, 5.74) is -0.0817. The molecule has 2 aromatic carbocycles. The molecule has 0 aliphatic heterocycles. The van der Waals surface area contributed by atoms with Crippen LogP contribution < -0.4 is 10.6 Å². The Morgan fingerprint density at radius 3 is 1.23 bits per heavy atom. The fourth-order valence-electron chi connectivity index (χ4n) is 4.09. The van der Waals surface area contributed by atoms with E-state index in [1.54, 1.807) is 102 Å². The summed E-state index contributed by atoms with van der Waals surface area (Å²) < 4.78 is 20.5. The van der Waals surface area contributed by atoms with Crippen molar-refractivity contribution in [3.8, 4) is 0 Å². The zero-order valence-corrected chi connectivity index (χ0v) is 28.4. The van der Waals surface area contributed by atoms with Gasteiger partial charge in [0.25, 0.3) is 0 Å². The molecule has 0 spiro atoms. The number of allylic oxidation sites excluding steroid dienone is 2. The lowest BCUT2D eigenvalue weighted by molar-refractivity contribution is -0.162. The summed E-state index contributed by atoms with van der Waals surface area (Å²) in [6, 6.07) is 15.6. The minimum atomic E-state index is -1.15. The molecule has 0 fully saturated rings. The lowest BCUT2D eigenvalue weighted by atomic mass is 10.1. The van der Waals surface area contributed by atoms with Crippen LogP contribution in [0.5, 0.6) is 0 Å². The van der Waals surface area contributed by atoms with Gasteiger partial charge < -0.3 is 29.6 Å². The number of ether oxygens (including phenoxy) is 4. The van der Waals surface area contributed by atoms with Gasteiger partial charge in [-0.05, 0) is 65.5 Å². The Balaban J connectivity index is 1.83. The molecule has 12 nitrogen and oxygen atoms in total. The SMILES string of the molecule is CC(C)(C)OC(=O)N[C@@H](Cc1ccccc1)C(=O)OC(=O)CC/C=C/CCC(=O)OC(=O)[C@H](Cc1ccccc1)NC(=O)OC(C)(C)C. The lowest BCUT2D eigenvalue weighted by Gasteiger charge is -2.22. The van der Waals surface area contributed by atoms with Crippen molar-refractivity contribution in [2.75, 3.05) is 0 Å². The molecule has 12 heteroatoms. The van der Waals surface area contributed by atoms with Gasteiger partial charge in [0.2, 0.25) is 0 Å². The summed E-state index contributed by atoms with van der Waals surface area (Å²) >= 11 is 0. The highest BCUT2D eigenvalue weighted by Gasteiger charge is 2.29. The van der Waals surface area contributed by atoms with Crippen molar-refractivity contribution >= 4 is 36.1 Å². The topological polar surface area (TPSA) is 163 Å². The fraction of sp³-hybridized carbons (Fsp3) is 0.444. The fourth-order valence-corrected chi connectivity index (χ4v) is 4.09. The number of benzene rings is 2. The first kappa shape index (κ1) is 39.2. The van der Waals surface area contributed by atoms with Crippen molar-refractivity contribution in [1.29, 1.82) is 0 Å². The van der Waals surface area contributed by atoms with E-state index in [0.29, 0.717) is 0 Å². The van der Waals surface area contributed by atoms with Gasteiger partial charge >= 0.3 is 36.1 Å². The maximum atomic E-state index is 12.8. The number of carbonyl (C=O) groups excluding carboxylic acids is 6. The molecular formula is C36H46N2O10. The second-order valence-electron chi connectivity index (χ2n) is 12.9. The molecule has 0 aliphatic carbocycles. The highest BCUT2D eigenvalue weighted by molar-refractivity contribution is 5.91. The van der Waals surface area contributed by atoms with Crippen molar-refractivity contribution in [3.05, 3.63) is 83.9 Å². The highest BCUT2D eigenvalue weighted by atomic mass is 16.6. The summed E-state index contributed by atoms with van der Waals surface area (Å²) in [5, 5.41) is 4.95. The van der Waals surface area contributed by atoms with Crippen LogP contribution in [0.25, 0.3) is 0 Å². The molecule has 0 heterocycles. The molecule has 2 aromatic rings. The van der Waals surface area contributed by atoms with Gasteiger partial charge in [0, 0.05) is 25.7 Å². The number of alkyl carbamates (subject to hydrolysis) is 2. The Labute approximate surface area is 281 Å². The predicted octanol–water partition coefficient (Wildman–Crippen LogP) is 5.51. The van der Waals surface area contributed by atoms with Crippen molar-refractivity contribution < 1.29 is 47.7 Å². The van der Waals surface area contributed by atoms with Gasteiger partial charge in [0.1, 0.15) is 23.3 Å². The molecule has 0 aromatic heterocycles. The van der Waals surface area contributed by atoms with Crippen molar-refractivity contribution in [3.63, 3.8) is 0 Å². The number of rotatable bonds is 14. The van der Waals surface area contributed by atoms with E-state index in [4.69, 9.17) is 18.9 Å². The average Bonchev–Trinajstić information content (AvgIpc) is 2.97. The predicted molar refractivity (Wildman–Crippen MR) is 176 cm³/mol. The number of esters is 4. The summed E-state index contributed by atoms with van der Waals surface area (Å²) in [6.07, 6.45) is 1.96. The first-order valence-electron chi connectivity index (χ1n) is 15.7. The Kier molecular flexibility index (Phi) is 15.5. The Morgan fingerprint density at radius 1 is 0.583 bits per heavy atom. The van der Waals surface area contributed by atoms with Crippen LogP contribution in [0.2, 0.25) is 0 Å². The molecule has 0 saturated carbocycles. The number of hydrogen-bond acceptors (Lipinski definition) is 10. The maximum Gasteiger partial charge on any atom is 0.408 e. The van der Waals surface area contributed by atoms with E-state index in [-0.39, 0.29) is 38.5 Å². The molecular weight excluding hydrogens is 620 g/mol. The summed E-state index contributed by atoms with van der Waals surface area (Å²) in [6.45, 7) is 10.1. The minimum absolute atomic E-state index is 0.0920. The molecule has 260 valence electrons. The van der Waals surface area contributed by atoms with Crippen LogP contribution in [0.15, 0.2) is 72.8 Å². The summed E-state index contributed by atoms with van der Waals surface area (Å²) in [5.74, 6) is -3.42. The van der Waals surface area contributed by atoms with Gasteiger partial charge in [-0.1, -0.05) is 72.8 Å². The van der Waals surface area contributed by atoms with Crippen molar-refractivity contribution in [1.82, 2.24) is 10.6 Å². The van der Waals surface area contributed by atoms with Crippen LogP contribution in [0, 0.1) is 0 Å². The Morgan fingerprint density at radius 2 is 0.917 bits per heavy atom. The zero-order valence-electron chi connectivity index (χ0n) is 28.4. The molecule has 0 aliphatic rings. The number of amides is 2. The third-order valence-corrected chi connectivity index (χ3v) is 6.14. The molecule has 48 heavy (non-hydrogen) atoms. The van der Waals surface area contributed by atoms with Crippen molar-refractivity contribution in [2.45, 2.75) is 103 Å². The average molecular weight is 667 g/mol. The Bertz CT molecular complexity index is 1300. The van der Waals surface area contributed by atoms with Gasteiger partial charge in [0.15, 0.2) is 0 Å². The molecule has 2 N–H and O–H groups in total. The third kappa shape index (κ3) is 17.1. The molecule has 2 amide bonds. The summed E-state index contributed by atoms with van der Waals surface area (Å²) in [4.78, 5) is 74.9. The van der Waals surface area contributed by atoms with Crippen LogP contribution in [0.1, 0.15) is 78.4 Å². The van der Waals surface area contributed by atoms with E-state index < -0.39 is 59.3 Å². The highest BCUT2D eigenvalue weighted by Crippen LogP contribution is 2.12. The second kappa shape index (κ2) is 19.0.